The van der Waals surface area contributed by atoms with Crippen molar-refractivity contribution in [1.82, 2.24) is 14.8 Å². The van der Waals surface area contributed by atoms with Crippen molar-refractivity contribution >= 4 is 40.0 Å². The first-order chi connectivity index (χ1) is 13.0. The molecule has 0 bridgehead atoms. The van der Waals surface area contributed by atoms with Gasteiger partial charge in [-0.3, -0.25) is 14.9 Å². The first-order valence-electron chi connectivity index (χ1n) is 8.62. The summed E-state index contributed by atoms with van der Waals surface area (Å²) in [6.07, 6.45) is 0.137. The number of piperazine rings is 1. The van der Waals surface area contributed by atoms with Crippen molar-refractivity contribution in [3.05, 3.63) is 41.4 Å². The maximum Gasteiger partial charge on any atom is 0.323 e. The molecule has 0 spiro atoms. The highest BCUT2D eigenvalue weighted by Crippen LogP contribution is 2.17. The zero-order chi connectivity index (χ0) is 19.2. The molecule has 1 fully saturated rings. The summed E-state index contributed by atoms with van der Waals surface area (Å²) in [5.74, 6) is -0.141. The van der Waals surface area contributed by atoms with E-state index in [1.165, 1.54) is 18.3 Å². The average molecular weight is 387 g/mol. The van der Waals surface area contributed by atoms with E-state index in [1.54, 1.807) is 15.2 Å². The number of urea groups is 1. The monoisotopic (exact) mass is 387 g/mol. The van der Waals surface area contributed by atoms with Crippen molar-refractivity contribution in [3.8, 4) is 0 Å². The summed E-state index contributed by atoms with van der Waals surface area (Å²) in [6, 6.07) is 8.97. The van der Waals surface area contributed by atoms with Gasteiger partial charge in [0.1, 0.15) is 0 Å². The summed E-state index contributed by atoms with van der Waals surface area (Å²) in [5, 5.41) is 7.77. The zero-order valence-corrected chi connectivity index (χ0v) is 15.8. The van der Waals surface area contributed by atoms with Crippen molar-refractivity contribution in [3.63, 3.8) is 0 Å². The lowest BCUT2D eigenvalue weighted by Crippen LogP contribution is -2.51. The third-order valence-electron chi connectivity index (χ3n) is 4.18. The van der Waals surface area contributed by atoms with Crippen molar-refractivity contribution in [2.45, 2.75) is 13.3 Å². The Bertz CT molecular complexity index is 815. The van der Waals surface area contributed by atoms with Crippen molar-refractivity contribution in [2.75, 3.05) is 36.8 Å². The summed E-state index contributed by atoms with van der Waals surface area (Å²) < 4.78 is 0. The number of hydrogen-bond acceptors (Lipinski definition) is 5. The summed E-state index contributed by atoms with van der Waals surface area (Å²) >= 11 is 1.28. The third kappa shape index (κ3) is 5.27. The number of benzene rings is 1. The van der Waals surface area contributed by atoms with Crippen LogP contribution in [0.2, 0.25) is 0 Å². The molecule has 8 nitrogen and oxygen atoms in total. The van der Waals surface area contributed by atoms with E-state index in [4.69, 9.17) is 0 Å². The molecule has 2 aromatic rings. The predicted octanol–water partition coefficient (Wildman–Crippen LogP) is 2.02. The van der Waals surface area contributed by atoms with Crippen LogP contribution in [0.25, 0.3) is 0 Å². The number of carbonyl (C=O) groups excluding carboxylic acids is 3. The van der Waals surface area contributed by atoms with E-state index in [1.807, 2.05) is 30.3 Å². The maximum atomic E-state index is 12.3. The molecule has 0 saturated carbocycles. The Morgan fingerprint density at radius 1 is 1.04 bits per heavy atom. The Balaban J connectivity index is 1.48. The highest BCUT2D eigenvalue weighted by atomic mass is 32.1. The second kappa shape index (κ2) is 8.63. The maximum absolute atomic E-state index is 12.3. The van der Waals surface area contributed by atoms with Gasteiger partial charge in [-0.1, -0.05) is 18.2 Å². The molecule has 2 N–H and O–H groups in total. The van der Waals surface area contributed by atoms with Gasteiger partial charge >= 0.3 is 6.03 Å². The van der Waals surface area contributed by atoms with E-state index in [0.717, 1.165) is 5.69 Å². The molecule has 9 heteroatoms. The molecule has 0 atom stereocenters. The van der Waals surface area contributed by atoms with Gasteiger partial charge in [0, 0.05) is 44.2 Å². The molecule has 142 valence electrons. The zero-order valence-electron chi connectivity index (χ0n) is 15.0. The number of hydrogen-bond donors (Lipinski definition) is 2. The summed E-state index contributed by atoms with van der Waals surface area (Å²) in [6.45, 7) is 3.57. The molecule has 1 aromatic heterocycles. The minimum absolute atomic E-state index is 0.0217. The molecule has 0 unspecified atom stereocenters. The molecular formula is C18H21N5O3S. The summed E-state index contributed by atoms with van der Waals surface area (Å²) in [7, 11) is 0. The first kappa shape index (κ1) is 18.8. The fourth-order valence-electron chi connectivity index (χ4n) is 2.73. The second-order valence-corrected chi connectivity index (χ2v) is 7.02. The van der Waals surface area contributed by atoms with Gasteiger partial charge in [-0.05, 0) is 12.1 Å². The van der Waals surface area contributed by atoms with E-state index in [9.17, 15) is 14.4 Å². The van der Waals surface area contributed by atoms with Gasteiger partial charge in [0.05, 0.1) is 12.1 Å². The van der Waals surface area contributed by atoms with Gasteiger partial charge in [0.15, 0.2) is 5.13 Å². The van der Waals surface area contributed by atoms with E-state index in [0.29, 0.717) is 37.0 Å². The average Bonchev–Trinajstić information content (AvgIpc) is 3.09. The van der Waals surface area contributed by atoms with E-state index in [2.05, 4.69) is 15.6 Å². The summed E-state index contributed by atoms with van der Waals surface area (Å²) in [5.41, 5.74) is 1.33. The Labute approximate surface area is 161 Å². The molecule has 0 aliphatic carbocycles. The molecule has 1 saturated heterocycles. The van der Waals surface area contributed by atoms with Crippen LogP contribution in [0.1, 0.15) is 12.6 Å². The SMILES string of the molecule is CC(=O)N1CCN(C(=O)Nc2nc(CC(=O)Nc3ccccc3)cs2)CC1. The Morgan fingerprint density at radius 3 is 2.37 bits per heavy atom. The van der Waals surface area contributed by atoms with Crippen LogP contribution >= 0.6 is 11.3 Å². The number of thiazole rings is 1. The molecule has 2 heterocycles. The van der Waals surface area contributed by atoms with Gasteiger partial charge in [0.25, 0.3) is 0 Å². The van der Waals surface area contributed by atoms with Crippen molar-refractivity contribution in [1.29, 1.82) is 0 Å². The van der Waals surface area contributed by atoms with Crippen LogP contribution in [0.5, 0.6) is 0 Å². The first-order valence-corrected chi connectivity index (χ1v) is 9.50. The van der Waals surface area contributed by atoms with Crippen molar-refractivity contribution in [2.24, 2.45) is 0 Å². The van der Waals surface area contributed by atoms with Crippen LogP contribution in [0.15, 0.2) is 35.7 Å². The molecule has 1 aliphatic rings. The Hall–Kier alpha value is -2.94. The number of nitrogens with one attached hydrogen (secondary N) is 2. The van der Waals surface area contributed by atoms with Crippen LogP contribution in [0.4, 0.5) is 15.6 Å². The second-order valence-electron chi connectivity index (χ2n) is 6.16. The minimum atomic E-state index is -0.243. The fourth-order valence-corrected chi connectivity index (χ4v) is 3.43. The summed E-state index contributed by atoms with van der Waals surface area (Å²) in [4.78, 5) is 43.4. The molecule has 27 heavy (non-hydrogen) atoms. The standard InChI is InChI=1S/C18H21N5O3S/c1-13(24)22-7-9-23(10-8-22)18(26)21-17-20-15(12-27-17)11-16(25)19-14-5-3-2-4-6-14/h2-6,12H,7-11H2,1H3,(H,19,25)(H,20,21,26). The van der Waals surface area contributed by atoms with Crippen LogP contribution in [0.3, 0.4) is 0 Å². The predicted molar refractivity (Wildman–Crippen MR) is 104 cm³/mol. The van der Waals surface area contributed by atoms with Gasteiger partial charge in [-0.25, -0.2) is 9.78 Å². The molecule has 3 rings (SSSR count). The van der Waals surface area contributed by atoms with Gasteiger partial charge in [-0.15, -0.1) is 11.3 Å². The molecular weight excluding hydrogens is 366 g/mol. The number of rotatable bonds is 4. The number of nitrogens with zero attached hydrogens (tertiary/aromatic N) is 3. The molecule has 1 aliphatic heterocycles. The number of para-hydroxylation sites is 1. The minimum Gasteiger partial charge on any atom is -0.339 e. The normalized spacial score (nSPS) is 14.0. The number of anilines is 2. The number of amides is 4. The highest BCUT2D eigenvalue weighted by molar-refractivity contribution is 7.13. The van der Waals surface area contributed by atoms with Gasteiger partial charge in [-0.2, -0.15) is 0 Å². The van der Waals surface area contributed by atoms with Gasteiger partial charge in [0.2, 0.25) is 11.8 Å². The van der Waals surface area contributed by atoms with E-state index >= 15 is 0 Å². The third-order valence-corrected chi connectivity index (χ3v) is 4.98. The lowest BCUT2D eigenvalue weighted by atomic mass is 10.3. The largest absolute Gasteiger partial charge is 0.339 e. The van der Waals surface area contributed by atoms with Crippen LogP contribution in [-0.2, 0) is 16.0 Å². The van der Waals surface area contributed by atoms with Crippen LogP contribution in [-0.4, -0.2) is 58.8 Å². The number of aromatic nitrogens is 1. The molecule has 4 amide bonds. The van der Waals surface area contributed by atoms with E-state index in [-0.39, 0.29) is 24.3 Å². The van der Waals surface area contributed by atoms with Crippen molar-refractivity contribution < 1.29 is 14.4 Å². The molecule has 0 radical (unpaired) electrons. The Morgan fingerprint density at radius 2 is 1.70 bits per heavy atom. The Kier molecular flexibility index (Phi) is 6.02. The van der Waals surface area contributed by atoms with Crippen LogP contribution in [0, 0.1) is 0 Å². The van der Waals surface area contributed by atoms with Crippen LogP contribution < -0.4 is 10.6 Å². The highest BCUT2D eigenvalue weighted by Gasteiger charge is 2.23. The smallest absolute Gasteiger partial charge is 0.323 e. The quantitative estimate of drug-likeness (QED) is 0.839. The fraction of sp³-hybridized carbons (Fsp3) is 0.333. The van der Waals surface area contributed by atoms with E-state index < -0.39 is 0 Å². The van der Waals surface area contributed by atoms with Gasteiger partial charge < -0.3 is 15.1 Å². The topological polar surface area (TPSA) is 94.6 Å². The number of carbonyl (C=O) groups is 3. The lowest BCUT2D eigenvalue weighted by Gasteiger charge is -2.33. The lowest BCUT2D eigenvalue weighted by molar-refractivity contribution is -0.130. The molecule has 1 aromatic carbocycles.